The molecule has 0 aromatic heterocycles. The number of fused-ring (bicyclic) bond motifs is 1. The molecule has 1 aliphatic heterocycles. The Morgan fingerprint density at radius 3 is 3.33 bits per heavy atom. The van der Waals surface area contributed by atoms with Crippen LogP contribution in [0.5, 0.6) is 0 Å². The van der Waals surface area contributed by atoms with Crippen molar-refractivity contribution in [2.75, 3.05) is 0 Å². The fourth-order valence-corrected chi connectivity index (χ4v) is 0.951. The zero-order valence-electron chi connectivity index (χ0n) is 4.87. The molecule has 0 spiro atoms. The monoisotopic (exact) mass is 118 g/mol. The van der Waals surface area contributed by atoms with E-state index < -0.39 is 0 Å². The van der Waals surface area contributed by atoms with E-state index in [0.717, 1.165) is 0 Å². The Morgan fingerprint density at radius 2 is 2.44 bits per heavy atom. The fraction of sp³-hybridized carbons (Fsp3) is 0.125. The van der Waals surface area contributed by atoms with Crippen molar-refractivity contribution in [1.82, 2.24) is 0 Å². The first kappa shape index (κ1) is 5.00. The molecule has 1 aliphatic carbocycles. The Hall–Kier alpha value is -0.820. The van der Waals surface area contributed by atoms with Crippen LogP contribution in [-0.2, 0) is 4.74 Å². The summed E-state index contributed by atoms with van der Waals surface area (Å²) in [5.74, 6) is 0. The minimum atomic E-state index is 0.148. The molecule has 2 aliphatic rings. The van der Waals surface area contributed by atoms with Gasteiger partial charge in [0.2, 0.25) is 0 Å². The minimum Gasteiger partial charge on any atom is -0.352 e. The maximum absolute atomic E-state index is 5.08. The third kappa shape index (κ3) is 0.736. The molecule has 1 unspecified atom stereocenters. The molecule has 2 rings (SSSR count). The molecule has 2 radical (unpaired) electrons. The summed E-state index contributed by atoms with van der Waals surface area (Å²) in [5.41, 5.74) is 1.19. The molecule has 0 N–H and O–H groups in total. The highest BCUT2D eigenvalue weighted by Crippen LogP contribution is 2.21. The molecule has 1 heterocycles. The standard InChI is InChI=1S/C8H6O/c1-2-4-8-7(3-1)5-6-9-8/h1-5,8H. The SMILES string of the molecule is [C]1C=C2C=CC=CC2O1. The van der Waals surface area contributed by atoms with Gasteiger partial charge in [0.1, 0.15) is 6.10 Å². The van der Waals surface area contributed by atoms with E-state index in [1.807, 2.05) is 30.4 Å². The normalized spacial score (nSPS) is 30.2. The summed E-state index contributed by atoms with van der Waals surface area (Å²) in [6.07, 6.45) is 10.0. The highest BCUT2D eigenvalue weighted by Gasteiger charge is 2.16. The largest absolute Gasteiger partial charge is 0.352 e. The van der Waals surface area contributed by atoms with Gasteiger partial charge in [-0.05, 0) is 11.6 Å². The van der Waals surface area contributed by atoms with Gasteiger partial charge in [-0.3, -0.25) is 0 Å². The lowest BCUT2D eigenvalue weighted by Gasteiger charge is -2.07. The van der Waals surface area contributed by atoms with E-state index in [1.165, 1.54) is 5.57 Å². The van der Waals surface area contributed by atoms with E-state index >= 15 is 0 Å². The number of hydrogen-bond acceptors (Lipinski definition) is 1. The summed E-state index contributed by atoms with van der Waals surface area (Å²) in [7, 11) is 0. The molecular formula is C8H6O. The zero-order valence-corrected chi connectivity index (χ0v) is 4.87. The number of ether oxygens (including phenoxy) is 1. The lowest BCUT2D eigenvalue weighted by molar-refractivity contribution is 0.207. The van der Waals surface area contributed by atoms with Crippen LogP contribution in [0.25, 0.3) is 0 Å². The summed E-state index contributed by atoms with van der Waals surface area (Å²) in [4.78, 5) is 0. The Bertz CT molecular complexity index is 196. The molecule has 0 amide bonds. The van der Waals surface area contributed by atoms with Crippen LogP contribution < -0.4 is 0 Å². The van der Waals surface area contributed by atoms with Crippen LogP contribution in [0.1, 0.15) is 0 Å². The molecule has 9 heavy (non-hydrogen) atoms. The molecule has 0 saturated carbocycles. The highest BCUT2D eigenvalue weighted by molar-refractivity contribution is 5.38. The molecule has 1 atom stereocenters. The molecule has 1 heteroatoms. The van der Waals surface area contributed by atoms with Crippen LogP contribution in [0, 0.1) is 6.61 Å². The van der Waals surface area contributed by atoms with E-state index in [4.69, 9.17) is 4.74 Å². The summed E-state index contributed by atoms with van der Waals surface area (Å²) >= 11 is 0. The molecule has 1 nitrogen and oxygen atoms in total. The predicted molar refractivity (Wildman–Crippen MR) is 34.5 cm³/mol. The summed E-state index contributed by atoms with van der Waals surface area (Å²) in [5, 5.41) is 0. The van der Waals surface area contributed by atoms with Gasteiger partial charge in [-0.1, -0.05) is 24.3 Å². The van der Waals surface area contributed by atoms with Gasteiger partial charge in [-0.2, -0.15) is 0 Å². The van der Waals surface area contributed by atoms with Crippen LogP contribution >= 0.6 is 0 Å². The molecule has 44 valence electrons. The fourth-order valence-electron chi connectivity index (χ4n) is 0.951. The number of hydrogen-bond donors (Lipinski definition) is 0. The third-order valence-corrected chi connectivity index (χ3v) is 1.43. The van der Waals surface area contributed by atoms with Crippen molar-refractivity contribution in [3.05, 3.63) is 42.6 Å². The van der Waals surface area contributed by atoms with Crippen LogP contribution in [0.4, 0.5) is 0 Å². The van der Waals surface area contributed by atoms with Crippen molar-refractivity contribution in [3.8, 4) is 0 Å². The maximum Gasteiger partial charge on any atom is 0.160 e. The van der Waals surface area contributed by atoms with Crippen molar-refractivity contribution in [1.29, 1.82) is 0 Å². The quantitative estimate of drug-likeness (QED) is 0.468. The second kappa shape index (κ2) is 1.85. The van der Waals surface area contributed by atoms with Gasteiger partial charge >= 0.3 is 0 Å². The molecular weight excluding hydrogens is 112 g/mol. The first-order valence-corrected chi connectivity index (χ1v) is 2.93. The lowest BCUT2D eigenvalue weighted by Crippen LogP contribution is -2.04. The number of rotatable bonds is 0. The van der Waals surface area contributed by atoms with E-state index in [1.54, 1.807) is 0 Å². The van der Waals surface area contributed by atoms with Crippen molar-refractivity contribution in [2.45, 2.75) is 6.10 Å². The summed E-state index contributed by atoms with van der Waals surface area (Å²) in [6, 6.07) is 0. The predicted octanol–water partition coefficient (Wildman–Crippen LogP) is 1.48. The average Bonchev–Trinajstić information content (AvgIpc) is 2.33. The van der Waals surface area contributed by atoms with Crippen LogP contribution in [-0.4, -0.2) is 6.10 Å². The number of allylic oxidation sites excluding steroid dienone is 2. The Labute approximate surface area is 54.3 Å². The maximum atomic E-state index is 5.08. The van der Waals surface area contributed by atoms with Crippen molar-refractivity contribution in [3.63, 3.8) is 0 Å². The van der Waals surface area contributed by atoms with Gasteiger partial charge in [0, 0.05) is 0 Å². The summed E-state index contributed by atoms with van der Waals surface area (Å²) in [6.45, 7) is 2.70. The highest BCUT2D eigenvalue weighted by atomic mass is 16.5. The van der Waals surface area contributed by atoms with Crippen molar-refractivity contribution in [2.24, 2.45) is 0 Å². The Balaban J connectivity index is 2.33. The summed E-state index contributed by atoms with van der Waals surface area (Å²) < 4.78 is 5.08. The van der Waals surface area contributed by atoms with Crippen molar-refractivity contribution < 1.29 is 4.74 Å². The van der Waals surface area contributed by atoms with Crippen molar-refractivity contribution >= 4 is 0 Å². The Morgan fingerprint density at radius 1 is 1.44 bits per heavy atom. The van der Waals surface area contributed by atoms with E-state index in [9.17, 15) is 0 Å². The second-order valence-electron chi connectivity index (χ2n) is 2.04. The molecule has 0 saturated heterocycles. The van der Waals surface area contributed by atoms with Gasteiger partial charge in [0.15, 0.2) is 6.61 Å². The lowest BCUT2D eigenvalue weighted by atomic mass is 10.1. The van der Waals surface area contributed by atoms with Gasteiger partial charge in [0.25, 0.3) is 0 Å². The average molecular weight is 118 g/mol. The van der Waals surface area contributed by atoms with Crippen LogP contribution in [0.3, 0.4) is 0 Å². The molecule has 0 aromatic carbocycles. The molecule has 0 aromatic rings. The van der Waals surface area contributed by atoms with Crippen LogP contribution in [0.2, 0.25) is 0 Å². The minimum absolute atomic E-state index is 0.148. The first-order chi connectivity index (χ1) is 4.47. The molecule has 0 bridgehead atoms. The zero-order chi connectivity index (χ0) is 6.10. The smallest absolute Gasteiger partial charge is 0.160 e. The second-order valence-corrected chi connectivity index (χ2v) is 2.04. The van der Waals surface area contributed by atoms with Gasteiger partial charge in [0.05, 0.1) is 0 Å². The van der Waals surface area contributed by atoms with E-state index in [0.29, 0.717) is 0 Å². The van der Waals surface area contributed by atoms with E-state index in [-0.39, 0.29) is 6.10 Å². The van der Waals surface area contributed by atoms with Gasteiger partial charge in [-0.25, -0.2) is 0 Å². The first-order valence-electron chi connectivity index (χ1n) is 2.93. The van der Waals surface area contributed by atoms with Gasteiger partial charge in [-0.15, -0.1) is 0 Å². The topological polar surface area (TPSA) is 9.23 Å². The third-order valence-electron chi connectivity index (χ3n) is 1.43. The Kier molecular flexibility index (Phi) is 1.03. The van der Waals surface area contributed by atoms with E-state index in [2.05, 4.69) is 6.61 Å². The molecule has 0 fully saturated rings. The van der Waals surface area contributed by atoms with Gasteiger partial charge < -0.3 is 4.74 Å². The van der Waals surface area contributed by atoms with Crippen LogP contribution in [0.15, 0.2) is 36.0 Å².